The predicted octanol–water partition coefficient (Wildman–Crippen LogP) is 2.03. The second-order valence-corrected chi connectivity index (χ2v) is 2.49. The van der Waals surface area contributed by atoms with Gasteiger partial charge in [0.2, 0.25) is 0 Å². The van der Waals surface area contributed by atoms with Crippen molar-refractivity contribution in [1.29, 1.82) is 0 Å². The summed E-state index contributed by atoms with van der Waals surface area (Å²) in [5, 5.41) is 8.56. The molecule has 1 rings (SSSR count). The van der Waals surface area contributed by atoms with Crippen LogP contribution in [0, 0.1) is 0 Å². The number of carbonyl (C=O) groups is 1. The summed E-state index contributed by atoms with van der Waals surface area (Å²) in [6.07, 6.45) is 2.38. The van der Waals surface area contributed by atoms with Gasteiger partial charge in [-0.3, -0.25) is 0 Å². The normalized spacial score (nSPS) is 18.2. The maximum Gasteiger partial charge on any atom is 0.335 e. The van der Waals surface area contributed by atoms with Gasteiger partial charge in [0.05, 0.1) is 5.57 Å². The number of aliphatic carboxylic acids is 1. The van der Waals surface area contributed by atoms with E-state index < -0.39 is 5.97 Å². The van der Waals surface area contributed by atoms with E-state index in [-0.39, 0.29) is 17.0 Å². The lowest BCUT2D eigenvalue weighted by Crippen LogP contribution is -2.06. The smallest absolute Gasteiger partial charge is 0.335 e. The Morgan fingerprint density at radius 2 is 2.36 bits per heavy atom. The summed E-state index contributed by atoms with van der Waals surface area (Å²) in [6.45, 7) is 1.49. The van der Waals surface area contributed by atoms with Crippen LogP contribution in [0.25, 0.3) is 0 Å². The monoisotopic (exact) mass is 156 g/mol. The number of rotatable bonds is 1. The minimum absolute atomic E-state index is 0.105. The van der Waals surface area contributed by atoms with Crippen LogP contribution in [0.3, 0.4) is 0 Å². The highest BCUT2D eigenvalue weighted by Gasteiger charge is 2.16. The average Bonchev–Trinajstić information content (AvgIpc) is 1.94. The van der Waals surface area contributed by atoms with Crippen molar-refractivity contribution in [1.82, 2.24) is 0 Å². The Morgan fingerprint density at radius 1 is 1.73 bits per heavy atom. The Bertz CT molecular complexity index is 251. The van der Waals surface area contributed by atoms with Gasteiger partial charge in [-0.2, -0.15) is 0 Å². The molecule has 1 aliphatic carbocycles. The third-order valence-electron chi connectivity index (χ3n) is 1.75. The van der Waals surface area contributed by atoms with Gasteiger partial charge in [0.1, 0.15) is 5.83 Å². The number of carboxylic acids is 1. The summed E-state index contributed by atoms with van der Waals surface area (Å²) in [6, 6.07) is 0. The molecular formula is C8H9FO2. The molecule has 0 bridgehead atoms. The molecule has 0 aromatic rings. The van der Waals surface area contributed by atoms with E-state index in [1.807, 2.05) is 0 Å². The Morgan fingerprint density at radius 3 is 2.82 bits per heavy atom. The van der Waals surface area contributed by atoms with E-state index in [9.17, 15) is 9.18 Å². The molecule has 0 unspecified atom stereocenters. The molecule has 0 aromatic carbocycles. The lowest BCUT2D eigenvalue weighted by atomic mass is 9.98. The Hall–Kier alpha value is -1.12. The molecule has 0 spiro atoms. The summed E-state index contributed by atoms with van der Waals surface area (Å²) >= 11 is 0. The van der Waals surface area contributed by atoms with Gasteiger partial charge in [-0.05, 0) is 18.9 Å². The van der Waals surface area contributed by atoms with Crippen LogP contribution in [-0.2, 0) is 4.79 Å². The van der Waals surface area contributed by atoms with E-state index in [0.29, 0.717) is 12.8 Å². The Labute approximate surface area is 64.0 Å². The minimum atomic E-state index is -1.04. The standard InChI is InChI=1S/C8H9FO2/c1-5-6(8(10)11)3-2-4-7(5)9/h3H,2,4H2,1H3,(H,10,11). The third-order valence-corrected chi connectivity index (χ3v) is 1.75. The minimum Gasteiger partial charge on any atom is -0.478 e. The first-order valence-corrected chi connectivity index (χ1v) is 3.42. The molecule has 1 N–H and O–H groups in total. The summed E-state index contributed by atoms with van der Waals surface area (Å²) in [4.78, 5) is 10.4. The molecule has 0 heterocycles. The van der Waals surface area contributed by atoms with Crippen LogP contribution >= 0.6 is 0 Å². The number of allylic oxidation sites excluding steroid dienone is 2. The van der Waals surface area contributed by atoms with Gasteiger partial charge in [-0.15, -0.1) is 0 Å². The fourth-order valence-electron chi connectivity index (χ4n) is 1.08. The number of hydrogen-bond acceptors (Lipinski definition) is 1. The average molecular weight is 156 g/mol. The first-order valence-electron chi connectivity index (χ1n) is 3.42. The van der Waals surface area contributed by atoms with Crippen molar-refractivity contribution >= 4 is 5.97 Å². The quantitative estimate of drug-likeness (QED) is 0.630. The summed E-state index contributed by atoms with van der Waals surface area (Å²) in [5.41, 5.74) is 0.373. The molecule has 2 nitrogen and oxygen atoms in total. The highest BCUT2D eigenvalue weighted by Crippen LogP contribution is 2.25. The summed E-state index contributed by atoms with van der Waals surface area (Å²) in [7, 11) is 0. The van der Waals surface area contributed by atoms with Gasteiger partial charge in [0, 0.05) is 6.42 Å². The molecule has 0 aliphatic heterocycles. The second kappa shape index (κ2) is 2.86. The van der Waals surface area contributed by atoms with Gasteiger partial charge in [0.15, 0.2) is 0 Å². The van der Waals surface area contributed by atoms with Gasteiger partial charge in [-0.1, -0.05) is 6.08 Å². The maximum absolute atomic E-state index is 12.8. The van der Waals surface area contributed by atoms with E-state index >= 15 is 0 Å². The molecule has 0 radical (unpaired) electrons. The van der Waals surface area contributed by atoms with Crippen LogP contribution in [-0.4, -0.2) is 11.1 Å². The van der Waals surface area contributed by atoms with E-state index in [0.717, 1.165) is 0 Å². The summed E-state index contributed by atoms with van der Waals surface area (Å²) < 4.78 is 12.8. The molecule has 3 heteroatoms. The van der Waals surface area contributed by atoms with Gasteiger partial charge >= 0.3 is 5.97 Å². The molecule has 0 atom stereocenters. The van der Waals surface area contributed by atoms with Crippen molar-refractivity contribution in [3.8, 4) is 0 Å². The SMILES string of the molecule is CC1=C(F)CCC=C1C(=O)O. The van der Waals surface area contributed by atoms with Gasteiger partial charge in [-0.25, -0.2) is 9.18 Å². The Balaban J connectivity index is 2.98. The van der Waals surface area contributed by atoms with Crippen LogP contribution in [0.2, 0.25) is 0 Å². The highest BCUT2D eigenvalue weighted by molar-refractivity contribution is 5.92. The van der Waals surface area contributed by atoms with E-state index in [1.54, 1.807) is 6.08 Å². The van der Waals surface area contributed by atoms with Crippen LogP contribution in [0.1, 0.15) is 19.8 Å². The summed E-state index contributed by atoms with van der Waals surface area (Å²) in [5.74, 6) is -1.35. The zero-order chi connectivity index (χ0) is 8.43. The van der Waals surface area contributed by atoms with Crippen molar-refractivity contribution < 1.29 is 14.3 Å². The van der Waals surface area contributed by atoms with E-state index in [1.165, 1.54) is 6.92 Å². The van der Waals surface area contributed by atoms with Crippen LogP contribution < -0.4 is 0 Å². The molecule has 11 heavy (non-hydrogen) atoms. The third kappa shape index (κ3) is 1.48. The first kappa shape index (κ1) is 7.98. The molecule has 0 aromatic heterocycles. The topological polar surface area (TPSA) is 37.3 Å². The zero-order valence-electron chi connectivity index (χ0n) is 6.22. The van der Waals surface area contributed by atoms with Gasteiger partial charge in [0.25, 0.3) is 0 Å². The maximum atomic E-state index is 12.8. The van der Waals surface area contributed by atoms with Crippen LogP contribution in [0.4, 0.5) is 4.39 Å². The number of carboxylic acid groups (broad SMARTS) is 1. The van der Waals surface area contributed by atoms with Crippen molar-refractivity contribution in [2.45, 2.75) is 19.8 Å². The van der Waals surface area contributed by atoms with E-state index in [2.05, 4.69) is 0 Å². The van der Waals surface area contributed by atoms with Crippen LogP contribution in [0.15, 0.2) is 23.0 Å². The van der Waals surface area contributed by atoms with Crippen molar-refractivity contribution in [3.63, 3.8) is 0 Å². The molecule has 0 amide bonds. The Kier molecular flexibility index (Phi) is 2.08. The van der Waals surface area contributed by atoms with Crippen molar-refractivity contribution in [2.75, 3.05) is 0 Å². The van der Waals surface area contributed by atoms with Crippen molar-refractivity contribution in [3.05, 3.63) is 23.0 Å². The van der Waals surface area contributed by atoms with Crippen LogP contribution in [0.5, 0.6) is 0 Å². The number of hydrogen-bond donors (Lipinski definition) is 1. The number of halogens is 1. The zero-order valence-corrected chi connectivity index (χ0v) is 6.22. The molecule has 60 valence electrons. The molecule has 0 saturated carbocycles. The predicted molar refractivity (Wildman–Crippen MR) is 38.8 cm³/mol. The lowest BCUT2D eigenvalue weighted by molar-refractivity contribution is -0.132. The van der Waals surface area contributed by atoms with Crippen molar-refractivity contribution in [2.24, 2.45) is 0 Å². The lowest BCUT2D eigenvalue weighted by Gasteiger charge is -2.09. The largest absolute Gasteiger partial charge is 0.478 e. The molecule has 0 fully saturated rings. The van der Waals surface area contributed by atoms with E-state index in [4.69, 9.17) is 5.11 Å². The van der Waals surface area contributed by atoms with Gasteiger partial charge < -0.3 is 5.11 Å². The second-order valence-electron chi connectivity index (χ2n) is 2.49. The molecule has 1 aliphatic rings. The first-order chi connectivity index (χ1) is 5.13. The fraction of sp³-hybridized carbons (Fsp3) is 0.375. The molecule has 0 saturated heterocycles. The highest BCUT2D eigenvalue weighted by atomic mass is 19.1. The fourth-order valence-corrected chi connectivity index (χ4v) is 1.08. The molecular weight excluding hydrogens is 147 g/mol.